The van der Waals surface area contributed by atoms with E-state index in [2.05, 4.69) is 5.32 Å². The molecule has 0 fully saturated rings. The molecule has 106 valence electrons. The van der Waals surface area contributed by atoms with Crippen molar-refractivity contribution in [3.05, 3.63) is 29.8 Å². The number of hydrogen-bond acceptors (Lipinski definition) is 3. The Morgan fingerprint density at radius 2 is 2.16 bits per heavy atom. The number of hydrogen-bond donors (Lipinski definition) is 2. The van der Waals surface area contributed by atoms with Gasteiger partial charge in [-0.1, -0.05) is 19.1 Å². The highest BCUT2D eigenvalue weighted by atomic mass is 16.5. The molecule has 0 radical (unpaired) electrons. The van der Waals surface area contributed by atoms with Gasteiger partial charge in [-0.05, 0) is 44.4 Å². The molecule has 19 heavy (non-hydrogen) atoms. The van der Waals surface area contributed by atoms with Crippen LogP contribution in [0.5, 0.6) is 5.75 Å². The molecule has 2 atom stereocenters. The predicted octanol–water partition coefficient (Wildman–Crippen LogP) is 1.87. The van der Waals surface area contributed by atoms with Gasteiger partial charge in [0.25, 0.3) is 5.91 Å². The van der Waals surface area contributed by atoms with Crippen LogP contribution in [0.2, 0.25) is 0 Å². The van der Waals surface area contributed by atoms with Crippen LogP contribution in [0.4, 0.5) is 0 Å². The molecule has 0 aliphatic carbocycles. The van der Waals surface area contributed by atoms with Gasteiger partial charge in [0.1, 0.15) is 5.75 Å². The van der Waals surface area contributed by atoms with Crippen molar-refractivity contribution in [2.24, 2.45) is 5.73 Å². The summed E-state index contributed by atoms with van der Waals surface area (Å²) >= 11 is 0. The highest BCUT2D eigenvalue weighted by molar-refractivity contribution is 5.77. The summed E-state index contributed by atoms with van der Waals surface area (Å²) in [5.74, 6) is 0.615. The van der Waals surface area contributed by atoms with E-state index in [0.29, 0.717) is 5.75 Å². The second-order valence-electron chi connectivity index (χ2n) is 4.99. The fourth-order valence-corrected chi connectivity index (χ4v) is 1.70. The van der Waals surface area contributed by atoms with Gasteiger partial charge in [0.2, 0.25) is 0 Å². The van der Waals surface area contributed by atoms with Crippen molar-refractivity contribution < 1.29 is 9.53 Å². The van der Waals surface area contributed by atoms with Crippen LogP contribution in [0, 0.1) is 0 Å². The van der Waals surface area contributed by atoms with Crippen molar-refractivity contribution in [1.29, 1.82) is 0 Å². The smallest absolute Gasteiger partial charge is 0.258 e. The number of benzene rings is 1. The van der Waals surface area contributed by atoms with Crippen molar-refractivity contribution in [2.45, 2.75) is 45.7 Å². The van der Waals surface area contributed by atoms with Gasteiger partial charge in [0.05, 0.1) is 0 Å². The van der Waals surface area contributed by atoms with Crippen LogP contribution in [0.1, 0.15) is 32.8 Å². The lowest BCUT2D eigenvalue weighted by molar-refractivity contribution is -0.123. The second-order valence-corrected chi connectivity index (χ2v) is 4.99. The zero-order chi connectivity index (χ0) is 14.3. The summed E-state index contributed by atoms with van der Waals surface area (Å²) in [5, 5.41) is 2.86. The van der Waals surface area contributed by atoms with Crippen molar-refractivity contribution in [1.82, 2.24) is 5.32 Å². The van der Waals surface area contributed by atoms with E-state index in [9.17, 15) is 4.79 Å². The Labute approximate surface area is 115 Å². The number of amides is 1. The first kappa shape index (κ1) is 15.5. The Bertz CT molecular complexity index is 405. The third-order valence-corrected chi connectivity index (χ3v) is 2.85. The first-order valence-corrected chi connectivity index (χ1v) is 6.78. The average Bonchev–Trinajstić information content (AvgIpc) is 2.36. The lowest BCUT2D eigenvalue weighted by atomic mass is 10.1. The van der Waals surface area contributed by atoms with Gasteiger partial charge < -0.3 is 15.8 Å². The van der Waals surface area contributed by atoms with Gasteiger partial charge in [-0.2, -0.15) is 0 Å². The molecule has 0 saturated heterocycles. The van der Waals surface area contributed by atoms with E-state index in [1.807, 2.05) is 45.0 Å². The molecule has 0 spiro atoms. The summed E-state index contributed by atoms with van der Waals surface area (Å²) in [5.41, 5.74) is 6.88. The van der Waals surface area contributed by atoms with Crippen LogP contribution < -0.4 is 15.8 Å². The van der Waals surface area contributed by atoms with E-state index < -0.39 is 0 Å². The number of rotatable bonds is 7. The highest BCUT2D eigenvalue weighted by Gasteiger charge is 2.06. The van der Waals surface area contributed by atoms with Crippen molar-refractivity contribution in [3.63, 3.8) is 0 Å². The SMILES string of the molecule is CCC(C)NC(=O)COc1cccc(CC(C)N)c1. The molecule has 4 nitrogen and oxygen atoms in total. The standard InChI is InChI=1S/C15H24N2O2/c1-4-12(3)17-15(18)10-19-14-7-5-6-13(9-14)8-11(2)16/h5-7,9,11-12H,4,8,10,16H2,1-3H3,(H,17,18). The van der Waals surface area contributed by atoms with Crippen LogP contribution in [-0.2, 0) is 11.2 Å². The quantitative estimate of drug-likeness (QED) is 0.790. The highest BCUT2D eigenvalue weighted by Crippen LogP contribution is 2.14. The van der Waals surface area contributed by atoms with Crippen LogP contribution in [0.25, 0.3) is 0 Å². The molecular weight excluding hydrogens is 240 g/mol. The van der Waals surface area contributed by atoms with Crippen LogP contribution in [0.15, 0.2) is 24.3 Å². The van der Waals surface area contributed by atoms with E-state index in [4.69, 9.17) is 10.5 Å². The van der Waals surface area contributed by atoms with Gasteiger partial charge in [-0.15, -0.1) is 0 Å². The minimum atomic E-state index is -0.0908. The zero-order valence-corrected chi connectivity index (χ0v) is 12.0. The Kier molecular flexibility index (Phi) is 6.36. The number of carbonyl (C=O) groups excluding carboxylic acids is 1. The molecule has 0 aromatic heterocycles. The summed E-state index contributed by atoms with van der Waals surface area (Å²) in [4.78, 5) is 11.6. The minimum Gasteiger partial charge on any atom is -0.484 e. The van der Waals surface area contributed by atoms with E-state index in [1.165, 1.54) is 0 Å². The Morgan fingerprint density at radius 1 is 1.42 bits per heavy atom. The van der Waals surface area contributed by atoms with E-state index in [1.54, 1.807) is 0 Å². The summed E-state index contributed by atoms with van der Waals surface area (Å²) in [6, 6.07) is 8.00. The summed E-state index contributed by atoms with van der Waals surface area (Å²) in [7, 11) is 0. The molecule has 0 saturated carbocycles. The first-order chi connectivity index (χ1) is 9.01. The molecule has 4 heteroatoms. The van der Waals surface area contributed by atoms with E-state index in [0.717, 1.165) is 18.4 Å². The maximum absolute atomic E-state index is 11.6. The monoisotopic (exact) mass is 264 g/mol. The van der Waals surface area contributed by atoms with Crippen LogP contribution in [-0.4, -0.2) is 24.6 Å². The molecule has 1 aromatic carbocycles. The van der Waals surface area contributed by atoms with Crippen LogP contribution in [0.3, 0.4) is 0 Å². The van der Waals surface area contributed by atoms with Crippen molar-refractivity contribution in [2.75, 3.05) is 6.61 Å². The average molecular weight is 264 g/mol. The Balaban J connectivity index is 2.46. The topological polar surface area (TPSA) is 64.3 Å². The molecule has 0 aliphatic rings. The molecule has 0 heterocycles. The van der Waals surface area contributed by atoms with Gasteiger partial charge in [-0.25, -0.2) is 0 Å². The Morgan fingerprint density at radius 3 is 2.79 bits per heavy atom. The first-order valence-electron chi connectivity index (χ1n) is 6.78. The van der Waals surface area contributed by atoms with E-state index >= 15 is 0 Å². The summed E-state index contributed by atoms with van der Waals surface area (Å²) < 4.78 is 5.48. The third-order valence-electron chi connectivity index (χ3n) is 2.85. The van der Waals surface area contributed by atoms with Gasteiger partial charge in [0.15, 0.2) is 6.61 Å². The van der Waals surface area contributed by atoms with Gasteiger partial charge in [0, 0.05) is 12.1 Å². The van der Waals surface area contributed by atoms with Crippen LogP contribution >= 0.6 is 0 Å². The van der Waals surface area contributed by atoms with Crippen molar-refractivity contribution >= 4 is 5.91 Å². The molecular formula is C15H24N2O2. The molecule has 1 rings (SSSR count). The largest absolute Gasteiger partial charge is 0.484 e. The molecule has 1 amide bonds. The predicted molar refractivity (Wildman–Crippen MR) is 77.2 cm³/mol. The number of carbonyl (C=O) groups is 1. The number of nitrogens with one attached hydrogen (secondary N) is 1. The maximum atomic E-state index is 11.6. The molecule has 0 aliphatic heterocycles. The normalized spacial score (nSPS) is 13.7. The molecule has 1 aromatic rings. The van der Waals surface area contributed by atoms with E-state index in [-0.39, 0.29) is 24.6 Å². The lowest BCUT2D eigenvalue weighted by Gasteiger charge is -2.12. The van der Waals surface area contributed by atoms with Gasteiger partial charge in [-0.3, -0.25) is 4.79 Å². The summed E-state index contributed by atoms with van der Waals surface area (Å²) in [6.07, 6.45) is 1.71. The lowest BCUT2D eigenvalue weighted by Crippen LogP contribution is -2.35. The number of nitrogens with two attached hydrogens (primary N) is 1. The molecule has 2 unspecified atom stereocenters. The minimum absolute atomic E-state index is 0.0476. The van der Waals surface area contributed by atoms with Gasteiger partial charge >= 0.3 is 0 Å². The summed E-state index contributed by atoms with van der Waals surface area (Å²) in [6.45, 7) is 6.02. The maximum Gasteiger partial charge on any atom is 0.258 e. The number of ether oxygens (including phenoxy) is 1. The second kappa shape index (κ2) is 7.79. The third kappa shape index (κ3) is 6.25. The fourth-order valence-electron chi connectivity index (χ4n) is 1.70. The molecule has 3 N–H and O–H groups in total. The Hall–Kier alpha value is -1.55. The van der Waals surface area contributed by atoms with Crippen molar-refractivity contribution in [3.8, 4) is 5.75 Å². The molecule has 0 bridgehead atoms. The zero-order valence-electron chi connectivity index (χ0n) is 12.0. The fraction of sp³-hybridized carbons (Fsp3) is 0.533.